The van der Waals surface area contributed by atoms with Crippen LogP contribution < -0.4 is 0 Å². The van der Waals surface area contributed by atoms with Gasteiger partial charge in [0.1, 0.15) is 5.82 Å². The Morgan fingerprint density at radius 1 is 1.88 bits per heavy atom. The van der Waals surface area contributed by atoms with Crippen LogP contribution in [-0.4, -0.2) is 9.97 Å². The van der Waals surface area contributed by atoms with E-state index in [4.69, 9.17) is 0 Å². The van der Waals surface area contributed by atoms with E-state index in [1.54, 1.807) is 0 Å². The van der Waals surface area contributed by atoms with E-state index >= 15 is 0 Å². The molecule has 0 spiro atoms. The molecule has 0 saturated heterocycles. The number of rotatable bonds is 1. The van der Waals surface area contributed by atoms with Crippen molar-refractivity contribution < 1.29 is 0 Å². The highest BCUT2D eigenvalue weighted by Crippen LogP contribution is 1.93. The first kappa shape index (κ1) is 5.35. The second kappa shape index (κ2) is 1.99. The van der Waals surface area contributed by atoms with Crippen molar-refractivity contribution >= 4 is 0 Å². The summed E-state index contributed by atoms with van der Waals surface area (Å²) < 4.78 is 0. The van der Waals surface area contributed by atoms with E-state index in [2.05, 4.69) is 16.9 Å². The first-order valence-electron chi connectivity index (χ1n) is 2.63. The van der Waals surface area contributed by atoms with E-state index in [9.17, 15) is 0 Å². The molecule has 0 aliphatic heterocycles. The average molecular weight is 109 g/mol. The third-order valence-corrected chi connectivity index (χ3v) is 0.996. The monoisotopic (exact) mass is 109 g/mol. The van der Waals surface area contributed by atoms with E-state index in [1.807, 2.05) is 13.1 Å². The molecule has 1 aromatic rings. The molecule has 1 N–H and O–H groups in total. The molecule has 0 saturated carbocycles. The molecule has 0 fully saturated rings. The Morgan fingerprint density at radius 3 is 2.88 bits per heavy atom. The molecule has 1 rings (SSSR count). The van der Waals surface area contributed by atoms with Crippen molar-refractivity contribution in [3.63, 3.8) is 0 Å². The number of nitrogens with one attached hydrogen (secondary N) is 1. The molecular weight excluding hydrogens is 100 g/mol. The van der Waals surface area contributed by atoms with Crippen LogP contribution in [-0.2, 0) is 6.42 Å². The minimum atomic E-state index is 0.744. The first-order chi connectivity index (χ1) is 3.83. The molecule has 0 atom stereocenters. The molecule has 1 aromatic heterocycles. The van der Waals surface area contributed by atoms with Crippen molar-refractivity contribution in [1.82, 2.24) is 9.97 Å². The lowest BCUT2D eigenvalue weighted by Crippen LogP contribution is -1.80. The minimum absolute atomic E-state index is 0.744. The van der Waals surface area contributed by atoms with Crippen molar-refractivity contribution in [3.05, 3.63) is 24.6 Å². The van der Waals surface area contributed by atoms with Crippen LogP contribution in [0.4, 0.5) is 0 Å². The molecule has 0 amide bonds. The Bertz CT molecular complexity index is 167. The van der Waals surface area contributed by atoms with Crippen molar-refractivity contribution in [2.75, 3.05) is 0 Å². The molecule has 0 unspecified atom stereocenters. The van der Waals surface area contributed by atoms with Crippen LogP contribution in [0.3, 0.4) is 0 Å². The van der Waals surface area contributed by atoms with Gasteiger partial charge < -0.3 is 4.98 Å². The fraction of sp³-hybridized carbons (Fsp3) is 0.333. The number of H-pyrrole nitrogens is 1. The molecule has 0 aliphatic carbocycles. The number of aromatic amines is 1. The van der Waals surface area contributed by atoms with Gasteiger partial charge in [0.2, 0.25) is 0 Å². The molecule has 2 heteroatoms. The highest BCUT2D eigenvalue weighted by Gasteiger charge is 1.89. The zero-order valence-corrected chi connectivity index (χ0v) is 4.94. The maximum absolute atomic E-state index is 4.11. The molecule has 1 radical (unpaired) electrons. The van der Waals surface area contributed by atoms with Crippen LogP contribution >= 0.6 is 0 Å². The number of hydrogen-bond donors (Lipinski definition) is 1. The number of nitrogens with zero attached hydrogens (tertiary/aromatic N) is 1. The molecule has 2 nitrogen and oxygen atoms in total. The summed E-state index contributed by atoms with van der Waals surface area (Å²) in [6, 6.07) is 0. The van der Waals surface area contributed by atoms with Gasteiger partial charge in [-0.25, -0.2) is 4.98 Å². The normalized spacial score (nSPS) is 9.75. The number of hydrogen-bond acceptors (Lipinski definition) is 1. The Morgan fingerprint density at radius 2 is 2.62 bits per heavy atom. The van der Waals surface area contributed by atoms with Gasteiger partial charge in [0.05, 0.1) is 5.69 Å². The summed E-state index contributed by atoms with van der Waals surface area (Å²) >= 11 is 0. The largest absolute Gasteiger partial charge is 0.348 e. The lowest BCUT2D eigenvalue weighted by Gasteiger charge is -1.80. The van der Waals surface area contributed by atoms with Crippen molar-refractivity contribution in [2.45, 2.75) is 13.3 Å². The summed E-state index contributed by atoms with van der Waals surface area (Å²) in [5, 5.41) is 0. The zero-order chi connectivity index (χ0) is 5.98. The predicted octanol–water partition coefficient (Wildman–Crippen LogP) is 1.09. The van der Waals surface area contributed by atoms with Gasteiger partial charge in [-0.3, -0.25) is 0 Å². The molecule has 43 valence electrons. The fourth-order valence-corrected chi connectivity index (χ4v) is 0.593. The molecular formula is C6H9N2. The molecule has 8 heavy (non-hydrogen) atoms. The smallest absolute Gasteiger partial charge is 0.106 e. The SMILES string of the molecule is [CH2]Cc1nc(C)c[nH]1. The van der Waals surface area contributed by atoms with E-state index in [1.165, 1.54) is 0 Å². The number of aryl methyl sites for hydroxylation is 1. The van der Waals surface area contributed by atoms with Gasteiger partial charge in [-0.2, -0.15) is 0 Å². The van der Waals surface area contributed by atoms with E-state index in [-0.39, 0.29) is 0 Å². The molecule has 0 aromatic carbocycles. The fourth-order valence-electron chi connectivity index (χ4n) is 0.593. The lowest BCUT2D eigenvalue weighted by molar-refractivity contribution is 1.04. The van der Waals surface area contributed by atoms with Gasteiger partial charge in [0.25, 0.3) is 0 Å². The predicted molar refractivity (Wildman–Crippen MR) is 32.4 cm³/mol. The van der Waals surface area contributed by atoms with E-state index < -0.39 is 0 Å². The van der Waals surface area contributed by atoms with Crippen molar-refractivity contribution in [3.8, 4) is 0 Å². The van der Waals surface area contributed by atoms with Crippen LogP contribution in [0, 0.1) is 13.8 Å². The standard InChI is InChI=1S/C6H9N2/c1-3-6-7-4-5(2)8-6/h4H,1,3H2,2H3,(H,7,8). The maximum Gasteiger partial charge on any atom is 0.106 e. The van der Waals surface area contributed by atoms with Crippen LogP contribution in [0.15, 0.2) is 6.20 Å². The first-order valence-corrected chi connectivity index (χ1v) is 2.63. The van der Waals surface area contributed by atoms with Crippen molar-refractivity contribution in [1.29, 1.82) is 0 Å². The van der Waals surface area contributed by atoms with Gasteiger partial charge in [0, 0.05) is 12.6 Å². The van der Waals surface area contributed by atoms with Crippen LogP contribution in [0.2, 0.25) is 0 Å². The number of aromatic nitrogens is 2. The van der Waals surface area contributed by atoms with Crippen LogP contribution in [0.5, 0.6) is 0 Å². The molecule has 1 heterocycles. The molecule has 0 bridgehead atoms. The number of imidazole rings is 1. The topological polar surface area (TPSA) is 28.7 Å². The summed E-state index contributed by atoms with van der Waals surface area (Å²) in [6.45, 7) is 5.63. The van der Waals surface area contributed by atoms with Gasteiger partial charge in [0.15, 0.2) is 0 Å². The summed E-state index contributed by atoms with van der Waals surface area (Å²) in [4.78, 5) is 7.09. The Labute approximate surface area is 49.0 Å². The lowest BCUT2D eigenvalue weighted by atomic mass is 10.5. The van der Waals surface area contributed by atoms with Gasteiger partial charge in [-0.15, -0.1) is 0 Å². The Balaban J connectivity index is 2.84. The summed E-state index contributed by atoms with van der Waals surface area (Å²) in [5.74, 6) is 0.961. The quantitative estimate of drug-likeness (QED) is 0.574. The Hall–Kier alpha value is -0.790. The van der Waals surface area contributed by atoms with Crippen molar-refractivity contribution in [2.24, 2.45) is 0 Å². The minimum Gasteiger partial charge on any atom is -0.348 e. The van der Waals surface area contributed by atoms with Gasteiger partial charge >= 0.3 is 0 Å². The van der Waals surface area contributed by atoms with Crippen LogP contribution in [0.25, 0.3) is 0 Å². The van der Waals surface area contributed by atoms with E-state index in [0.717, 1.165) is 17.9 Å². The molecule has 0 aliphatic rings. The zero-order valence-electron chi connectivity index (χ0n) is 4.94. The average Bonchev–Trinajstić information content (AvgIpc) is 2.14. The highest BCUT2D eigenvalue weighted by molar-refractivity contribution is 4.98. The van der Waals surface area contributed by atoms with Crippen LogP contribution in [0.1, 0.15) is 11.5 Å². The Kier molecular flexibility index (Phi) is 1.33. The maximum atomic E-state index is 4.11. The summed E-state index contributed by atoms with van der Waals surface area (Å²) in [5.41, 5.74) is 1.03. The summed E-state index contributed by atoms with van der Waals surface area (Å²) in [6.07, 6.45) is 2.62. The third-order valence-electron chi connectivity index (χ3n) is 0.996. The van der Waals surface area contributed by atoms with Gasteiger partial charge in [-0.1, -0.05) is 0 Å². The third kappa shape index (κ3) is 0.886. The second-order valence-corrected chi connectivity index (χ2v) is 1.74. The summed E-state index contributed by atoms with van der Waals surface area (Å²) in [7, 11) is 0. The van der Waals surface area contributed by atoms with Gasteiger partial charge in [-0.05, 0) is 13.8 Å². The van der Waals surface area contributed by atoms with E-state index in [0.29, 0.717) is 0 Å². The second-order valence-electron chi connectivity index (χ2n) is 1.74. The highest BCUT2D eigenvalue weighted by atomic mass is 14.9.